The van der Waals surface area contributed by atoms with Crippen LogP contribution in [0.25, 0.3) is 0 Å². The van der Waals surface area contributed by atoms with Crippen molar-refractivity contribution in [2.75, 3.05) is 7.11 Å². The molecule has 0 amide bonds. The smallest absolute Gasteiger partial charge is 1.00 e. The molecule has 0 aliphatic rings. The Hall–Kier alpha value is 2.59. The number of hydrogen-bond donors (Lipinski definition) is 1. The summed E-state index contributed by atoms with van der Waals surface area (Å²) in [6, 6.07) is 0. The van der Waals surface area contributed by atoms with E-state index in [0.29, 0.717) is 0 Å². The molecule has 16 heavy (non-hydrogen) atoms. The Bertz CT molecular complexity index is 254. The molecular weight excluding hydrogens is 487 g/mol. The Morgan fingerprint density at radius 3 is 2.12 bits per heavy atom. The van der Waals surface area contributed by atoms with Crippen molar-refractivity contribution in [2.45, 2.75) is 11.4 Å². The first-order valence-corrected chi connectivity index (χ1v) is 15.6. The summed E-state index contributed by atoms with van der Waals surface area (Å²) in [4.78, 5) is 0. The molecule has 0 aliphatic heterocycles. The molecule has 0 aromatic heterocycles. The Morgan fingerprint density at radius 1 is 1.31 bits per heavy atom. The minimum atomic E-state index is -3.67. The first kappa shape index (κ1) is 20.9. The summed E-state index contributed by atoms with van der Waals surface area (Å²) in [5, 5.41) is 0. The molecule has 1 N–H and O–H groups in total. The van der Waals surface area contributed by atoms with Gasteiger partial charge in [0, 0.05) is 0 Å². The molecule has 0 bridgehead atoms. The van der Waals surface area contributed by atoms with Crippen molar-refractivity contribution in [3.8, 4) is 0 Å². The Kier molecular flexibility index (Phi) is 13.6. The maximum Gasteiger partial charge on any atom is 1.00 e. The van der Waals surface area contributed by atoms with E-state index in [1.54, 1.807) is 0 Å². The van der Waals surface area contributed by atoms with Crippen molar-refractivity contribution in [2.24, 2.45) is 0 Å². The normalized spacial score (nSPS) is 16.2. The van der Waals surface area contributed by atoms with Crippen molar-refractivity contribution in [1.82, 2.24) is 0 Å². The second-order valence-corrected chi connectivity index (χ2v) is 17.6. The molecule has 0 spiro atoms. The molecule has 3 atom stereocenters. The van der Waals surface area contributed by atoms with Crippen LogP contribution in [0, 0.1) is 0 Å². The molecule has 0 fully saturated rings. The van der Waals surface area contributed by atoms with Gasteiger partial charge in [0.1, 0.15) is 0 Å². The zero-order valence-electron chi connectivity index (χ0n) is 9.09. The fourth-order valence-electron chi connectivity index (χ4n) is 0.350. The average molecular weight is 497 g/mol. The van der Waals surface area contributed by atoms with E-state index in [9.17, 15) is 11.6 Å². The number of hydrogen-bond acceptors (Lipinski definition) is 8. The van der Waals surface area contributed by atoms with Gasteiger partial charge in [0.2, 0.25) is 0 Å². The minimum absolute atomic E-state index is 0. The van der Waals surface area contributed by atoms with E-state index in [-0.39, 0.29) is 29.6 Å². The first-order chi connectivity index (χ1) is 6.74. The SMILES string of the molecule is CO[As](=O)O[As](O[As]([O-])O)O[As](C)(C)=O.[Na+]. The summed E-state index contributed by atoms with van der Waals surface area (Å²) < 4.78 is 59.5. The van der Waals surface area contributed by atoms with Crippen molar-refractivity contribution in [3.05, 3.63) is 0 Å². The summed E-state index contributed by atoms with van der Waals surface area (Å²) >= 11 is -13.6. The summed E-state index contributed by atoms with van der Waals surface area (Å²) in [7, 11) is 1.16. The van der Waals surface area contributed by atoms with Crippen LogP contribution >= 0.6 is 0 Å². The van der Waals surface area contributed by atoms with Gasteiger partial charge in [-0.15, -0.1) is 0 Å². The van der Waals surface area contributed by atoms with Crippen molar-refractivity contribution in [3.63, 3.8) is 0 Å². The third kappa shape index (κ3) is 13.0. The maximum atomic E-state index is 11.3. The fraction of sp³-hybridized carbons (Fsp3) is 1.00. The second kappa shape index (κ2) is 10.4. The van der Waals surface area contributed by atoms with Gasteiger partial charge < -0.3 is 0 Å². The zero-order chi connectivity index (χ0) is 12.1. The third-order valence-electron chi connectivity index (χ3n) is 0.682. The van der Waals surface area contributed by atoms with Gasteiger partial charge in [-0.3, -0.25) is 0 Å². The van der Waals surface area contributed by atoms with E-state index in [1.807, 2.05) is 0 Å². The second-order valence-electron chi connectivity index (χ2n) is 2.36. The van der Waals surface area contributed by atoms with Gasteiger partial charge in [0.25, 0.3) is 0 Å². The fourth-order valence-corrected chi connectivity index (χ4v) is 14.5. The number of rotatable bonds is 7. The van der Waals surface area contributed by atoms with Gasteiger partial charge in [-0.25, -0.2) is 0 Å². The Labute approximate surface area is 134 Å². The molecule has 0 aromatic rings. The van der Waals surface area contributed by atoms with Crippen LogP contribution in [0.3, 0.4) is 0 Å². The monoisotopic (exact) mass is 497 g/mol. The molecule has 0 saturated carbocycles. The minimum Gasteiger partial charge on any atom is 1.00 e. The van der Waals surface area contributed by atoms with Crippen molar-refractivity contribution < 1.29 is 57.1 Å². The van der Waals surface area contributed by atoms with E-state index < -0.39 is 60.5 Å². The Balaban J connectivity index is 0. The largest absolute Gasteiger partial charge is 1.00 e. The van der Waals surface area contributed by atoms with Crippen molar-refractivity contribution in [1.29, 1.82) is 0 Å². The summed E-state index contributed by atoms with van der Waals surface area (Å²) in [6.45, 7) is 0. The van der Waals surface area contributed by atoms with Crippen LogP contribution < -0.4 is 33.7 Å². The molecule has 8 nitrogen and oxygen atoms in total. The summed E-state index contributed by atoms with van der Waals surface area (Å²) in [5.41, 5.74) is 2.70. The molecule has 0 rings (SSSR count). The van der Waals surface area contributed by atoms with E-state index in [4.69, 9.17) is 6.81 Å². The zero-order valence-corrected chi connectivity index (χ0v) is 18.6. The van der Waals surface area contributed by atoms with Crippen LogP contribution in [-0.4, -0.2) is 71.7 Å². The van der Waals surface area contributed by atoms with Crippen molar-refractivity contribution >= 4 is 60.5 Å². The maximum absolute atomic E-state index is 11.3. The molecule has 0 saturated heterocycles. The van der Waals surface area contributed by atoms with Crippen LogP contribution in [0.2, 0.25) is 11.4 Å². The molecule has 1 radical (unpaired) electrons. The third-order valence-corrected chi connectivity index (χ3v) is 15.2. The van der Waals surface area contributed by atoms with E-state index >= 15 is 0 Å². The predicted octanol–water partition coefficient (Wildman–Crippen LogP) is -5.44. The van der Waals surface area contributed by atoms with Gasteiger partial charge in [0.15, 0.2) is 0 Å². The van der Waals surface area contributed by atoms with E-state index in [2.05, 4.69) is 9.16 Å². The quantitative estimate of drug-likeness (QED) is 0.347. The molecular formula is C3H10As4NaO8. The first-order valence-electron chi connectivity index (χ1n) is 3.33. The summed E-state index contributed by atoms with van der Waals surface area (Å²) in [6.07, 6.45) is 0. The van der Waals surface area contributed by atoms with Crippen LogP contribution in [0.1, 0.15) is 0 Å². The molecule has 3 unspecified atom stereocenters. The van der Waals surface area contributed by atoms with Crippen LogP contribution in [0.4, 0.5) is 0 Å². The van der Waals surface area contributed by atoms with Crippen LogP contribution in [0.15, 0.2) is 0 Å². The predicted molar refractivity (Wildman–Crippen MR) is 48.6 cm³/mol. The standard InChI is InChI=1S/C3H10As4O8.Na/c1-7(2,11)15-6(13-4(8)9)14-5(10)12-3;/h8H,1-3H3;/q-1;+1. The van der Waals surface area contributed by atoms with E-state index in [0.717, 1.165) is 7.11 Å². The van der Waals surface area contributed by atoms with Gasteiger partial charge >= 0.3 is 136 Å². The van der Waals surface area contributed by atoms with Gasteiger partial charge in [-0.2, -0.15) is 0 Å². The molecule has 0 aromatic carbocycles. The van der Waals surface area contributed by atoms with Gasteiger partial charge in [-0.05, 0) is 0 Å². The van der Waals surface area contributed by atoms with Crippen LogP contribution in [-0.2, 0) is 19.4 Å². The van der Waals surface area contributed by atoms with E-state index in [1.165, 1.54) is 11.4 Å². The van der Waals surface area contributed by atoms with Crippen LogP contribution in [0.5, 0.6) is 0 Å². The molecule has 13 heteroatoms. The molecule has 91 valence electrons. The topological polar surface area (TPSA) is 114 Å². The molecule has 0 aliphatic carbocycles. The van der Waals surface area contributed by atoms with Gasteiger partial charge in [-0.1, -0.05) is 0 Å². The Morgan fingerprint density at radius 2 is 1.81 bits per heavy atom. The van der Waals surface area contributed by atoms with Gasteiger partial charge in [0.05, 0.1) is 0 Å². The molecule has 0 heterocycles. The summed E-state index contributed by atoms with van der Waals surface area (Å²) in [5.74, 6) is 0. The average Bonchev–Trinajstić information content (AvgIpc) is 1.99.